The van der Waals surface area contributed by atoms with Gasteiger partial charge in [0.1, 0.15) is 0 Å². The zero-order chi connectivity index (χ0) is 22.9. The molecule has 0 aliphatic heterocycles. The van der Waals surface area contributed by atoms with Gasteiger partial charge in [-0.05, 0) is 105 Å². The lowest BCUT2D eigenvalue weighted by Crippen LogP contribution is -2.22. The van der Waals surface area contributed by atoms with Crippen LogP contribution in [0.5, 0.6) is 0 Å². The highest BCUT2D eigenvalue weighted by Gasteiger charge is 2.28. The van der Waals surface area contributed by atoms with Gasteiger partial charge < -0.3 is 0 Å². The molecule has 2 atom stereocenters. The van der Waals surface area contributed by atoms with Crippen LogP contribution in [0.4, 0.5) is 0 Å². The second-order valence-corrected chi connectivity index (χ2v) is 11.7. The summed E-state index contributed by atoms with van der Waals surface area (Å²) in [6.07, 6.45) is 31.1. The fourth-order valence-electron chi connectivity index (χ4n) is 7.08. The molecule has 3 aliphatic rings. The van der Waals surface area contributed by atoms with E-state index in [2.05, 4.69) is 62.4 Å². The summed E-state index contributed by atoms with van der Waals surface area (Å²) < 4.78 is 0. The molecular formula is C33H50. The van der Waals surface area contributed by atoms with Gasteiger partial charge in [0.2, 0.25) is 0 Å². The van der Waals surface area contributed by atoms with Gasteiger partial charge >= 0.3 is 0 Å². The number of rotatable bonds is 9. The highest BCUT2D eigenvalue weighted by Crippen LogP contribution is 2.41. The standard InChI is InChI=1S/C33H50/c1-3-7-27-14-18-30(19-15-27)32-22-24-33(25-23-32)31-20-16-29(17-21-31)9-6-5-8-28-12-10-26(4-2)11-13-28/h5,8,16-17,20-22,24,26-28,30,32-33H,3-4,6-7,9-15,18-19,23,25H2,1-2H3. The first-order valence-electron chi connectivity index (χ1n) is 14.7. The van der Waals surface area contributed by atoms with Crippen LogP contribution in [-0.2, 0) is 6.42 Å². The van der Waals surface area contributed by atoms with Crippen LogP contribution < -0.4 is 0 Å². The molecular weight excluding hydrogens is 396 g/mol. The molecule has 0 aromatic heterocycles. The summed E-state index contributed by atoms with van der Waals surface area (Å²) in [5, 5.41) is 0. The predicted molar refractivity (Wildman–Crippen MR) is 145 cm³/mol. The van der Waals surface area contributed by atoms with E-state index in [1.165, 1.54) is 107 Å². The third-order valence-electron chi connectivity index (χ3n) is 9.48. The Balaban J connectivity index is 1.18. The van der Waals surface area contributed by atoms with Crippen LogP contribution in [0.1, 0.15) is 121 Å². The third-order valence-corrected chi connectivity index (χ3v) is 9.48. The molecule has 2 fully saturated rings. The molecule has 0 saturated heterocycles. The lowest BCUT2D eigenvalue weighted by molar-refractivity contribution is 0.209. The largest absolute Gasteiger partial charge is 0.0879 e. The summed E-state index contributed by atoms with van der Waals surface area (Å²) >= 11 is 0. The SMILES string of the molecule is CCCC1CCC(C2C=CC(c3ccc(CCC=CC4CCC(CC)CC4)cc3)CC2)CC1. The second-order valence-electron chi connectivity index (χ2n) is 11.7. The van der Waals surface area contributed by atoms with Crippen molar-refractivity contribution < 1.29 is 0 Å². The van der Waals surface area contributed by atoms with Gasteiger partial charge in [-0.15, -0.1) is 0 Å². The molecule has 33 heavy (non-hydrogen) atoms. The minimum absolute atomic E-state index is 0.643. The molecule has 0 radical (unpaired) electrons. The summed E-state index contributed by atoms with van der Waals surface area (Å²) in [6.45, 7) is 4.70. The Kier molecular flexibility index (Phi) is 9.75. The van der Waals surface area contributed by atoms with E-state index in [4.69, 9.17) is 0 Å². The Hall–Kier alpha value is -1.30. The molecule has 2 unspecified atom stereocenters. The van der Waals surface area contributed by atoms with Gasteiger partial charge in [-0.1, -0.05) is 94.5 Å². The zero-order valence-electron chi connectivity index (χ0n) is 21.7. The van der Waals surface area contributed by atoms with Crippen molar-refractivity contribution in [3.8, 4) is 0 Å². The summed E-state index contributed by atoms with van der Waals surface area (Å²) in [5.74, 6) is 5.35. The molecule has 0 heterocycles. The topological polar surface area (TPSA) is 0 Å². The summed E-state index contributed by atoms with van der Waals surface area (Å²) in [7, 11) is 0. The second kappa shape index (κ2) is 13.0. The Morgan fingerprint density at radius 1 is 0.758 bits per heavy atom. The molecule has 0 amide bonds. The van der Waals surface area contributed by atoms with E-state index >= 15 is 0 Å². The summed E-state index contributed by atoms with van der Waals surface area (Å²) in [4.78, 5) is 0. The highest BCUT2D eigenvalue weighted by atomic mass is 14.3. The molecule has 1 aromatic carbocycles. The third kappa shape index (κ3) is 7.34. The fourth-order valence-corrected chi connectivity index (χ4v) is 7.08. The first-order valence-corrected chi connectivity index (χ1v) is 14.7. The molecule has 0 heteroatoms. The van der Waals surface area contributed by atoms with Crippen LogP contribution in [0.25, 0.3) is 0 Å². The Morgan fingerprint density at radius 2 is 1.48 bits per heavy atom. The molecule has 4 rings (SSSR count). The van der Waals surface area contributed by atoms with Crippen molar-refractivity contribution in [2.45, 2.75) is 116 Å². The van der Waals surface area contributed by atoms with Crippen molar-refractivity contribution in [3.63, 3.8) is 0 Å². The van der Waals surface area contributed by atoms with Crippen molar-refractivity contribution in [1.29, 1.82) is 0 Å². The van der Waals surface area contributed by atoms with Crippen LogP contribution in [0.2, 0.25) is 0 Å². The normalized spacial score (nSPS) is 32.9. The van der Waals surface area contributed by atoms with Gasteiger partial charge in [0, 0.05) is 5.92 Å². The van der Waals surface area contributed by atoms with Crippen LogP contribution in [0.15, 0.2) is 48.6 Å². The first kappa shape index (κ1) is 24.8. The predicted octanol–water partition coefficient (Wildman–Crippen LogP) is 10.0. The average molecular weight is 447 g/mol. The molecule has 1 aromatic rings. The van der Waals surface area contributed by atoms with Crippen LogP contribution in [0, 0.1) is 29.6 Å². The van der Waals surface area contributed by atoms with Gasteiger partial charge in [-0.25, -0.2) is 0 Å². The van der Waals surface area contributed by atoms with E-state index in [9.17, 15) is 0 Å². The quantitative estimate of drug-likeness (QED) is 0.331. The van der Waals surface area contributed by atoms with Gasteiger partial charge in [-0.2, -0.15) is 0 Å². The van der Waals surface area contributed by atoms with Gasteiger partial charge in [0.05, 0.1) is 0 Å². The Bertz CT molecular complexity index is 722. The minimum atomic E-state index is 0.643. The van der Waals surface area contributed by atoms with E-state index in [0.29, 0.717) is 5.92 Å². The zero-order valence-corrected chi connectivity index (χ0v) is 21.7. The van der Waals surface area contributed by atoms with Crippen molar-refractivity contribution in [2.24, 2.45) is 29.6 Å². The molecule has 0 nitrogen and oxygen atoms in total. The van der Waals surface area contributed by atoms with Crippen LogP contribution in [0.3, 0.4) is 0 Å². The smallest absolute Gasteiger partial charge is 0.00182 e. The maximum absolute atomic E-state index is 2.60. The van der Waals surface area contributed by atoms with Crippen molar-refractivity contribution in [3.05, 3.63) is 59.7 Å². The first-order chi connectivity index (χ1) is 16.2. The van der Waals surface area contributed by atoms with E-state index in [-0.39, 0.29) is 0 Å². The Morgan fingerprint density at radius 3 is 2.12 bits per heavy atom. The molecule has 0 bridgehead atoms. The number of hydrogen-bond acceptors (Lipinski definition) is 0. The monoisotopic (exact) mass is 446 g/mol. The highest BCUT2D eigenvalue weighted by molar-refractivity contribution is 5.29. The molecule has 3 aliphatic carbocycles. The van der Waals surface area contributed by atoms with E-state index in [1.54, 1.807) is 0 Å². The minimum Gasteiger partial charge on any atom is -0.0879 e. The van der Waals surface area contributed by atoms with Crippen molar-refractivity contribution in [2.75, 3.05) is 0 Å². The molecule has 2 saturated carbocycles. The number of aryl methyl sites for hydroxylation is 1. The van der Waals surface area contributed by atoms with E-state index in [1.807, 2.05) is 0 Å². The van der Waals surface area contributed by atoms with Gasteiger partial charge in [0.15, 0.2) is 0 Å². The maximum Gasteiger partial charge on any atom is 0.00182 e. The van der Waals surface area contributed by atoms with Crippen molar-refractivity contribution >= 4 is 0 Å². The molecule has 182 valence electrons. The van der Waals surface area contributed by atoms with Crippen LogP contribution >= 0.6 is 0 Å². The maximum atomic E-state index is 2.60. The number of hydrogen-bond donors (Lipinski definition) is 0. The van der Waals surface area contributed by atoms with E-state index < -0.39 is 0 Å². The Labute approximate surface area is 205 Å². The van der Waals surface area contributed by atoms with Gasteiger partial charge in [0.25, 0.3) is 0 Å². The van der Waals surface area contributed by atoms with Gasteiger partial charge in [-0.3, -0.25) is 0 Å². The lowest BCUT2D eigenvalue weighted by atomic mass is 9.70. The summed E-state index contributed by atoms with van der Waals surface area (Å²) in [6, 6.07) is 9.61. The van der Waals surface area contributed by atoms with E-state index in [0.717, 1.165) is 29.6 Å². The number of benzene rings is 1. The average Bonchev–Trinajstić information content (AvgIpc) is 2.88. The summed E-state index contributed by atoms with van der Waals surface area (Å²) in [5.41, 5.74) is 3.03. The molecule has 0 N–H and O–H groups in total. The number of allylic oxidation sites excluding steroid dienone is 4. The fraction of sp³-hybridized carbons (Fsp3) is 0.697. The molecule has 0 spiro atoms. The van der Waals surface area contributed by atoms with Crippen LogP contribution in [-0.4, -0.2) is 0 Å². The lowest BCUT2D eigenvalue weighted by Gasteiger charge is -2.35. The van der Waals surface area contributed by atoms with Crippen molar-refractivity contribution in [1.82, 2.24) is 0 Å².